The standard InChI is InChI=1S/C15H9FO2S/c16-13-6-5-10(9-3-1-2-4-11(9)13)12-7-8-19-14(12)15(17)18/h1-8H,(H,17,18). The maximum Gasteiger partial charge on any atom is 0.346 e. The molecule has 0 radical (unpaired) electrons. The van der Waals surface area contributed by atoms with E-state index in [4.69, 9.17) is 0 Å². The number of benzene rings is 2. The van der Waals surface area contributed by atoms with E-state index in [2.05, 4.69) is 0 Å². The van der Waals surface area contributed by atoms with Gasteiger partial charge < -0.3 is 5.11 Å². The quantitative estimate of drug-likeness (QED) is 0.750. The average Bonchev–Trinajstić information content (AvgIpc) is 2.89. The number of fused-ring (bicyclic) bond motifs is 1. The molecule has 0 amide bonds. The van der Waals surface area contributed by atoms with Crippen molar-refractivity contribution in [3.05, 3.63) is 58.5 Å². The molecule has 0 aliphatic carbocycles. The van der Waals surface area contributed by atoms with Crippen molar-refractivity contribution < 1.29 is 14.3 Å². The van der Waals surface area contributed by atoms with Crippen LogP contribution in [0.3, 0.4) is 0 Å². The molecule has 1 heterocycles. The van der Waals surface area contributed by atoms with E-state index in [-0.39, 0.29) is 10.7 Å². The summed E-state index contributed by atoms with van der Waals surface area (Å²) in [5.41, 5.74) is 1.38. The Bertz CT molecular complexity index is 777. The molecule has 4 heteroatoms. The van der Waals surface area contributed by atoms with E-state index in [1.54, 1.807) is 35.7 Å². The van der Waals surface area contributed by atoms with Crippen molar-refractivity contribution in [2.45, 2.75) is 0 Å². The van der Waals surface area contributed by atoms with Crippen LogP contribution in [0, 0.1) is 5.82 Å². The predicted molar refractivity (Wildman–Crippen MR) is 74.2 cm³/mol. The normalized spacial score (nSPS) is 10.8. The Morgan fingerprint density at radius 1 is 1.00 bits per heavy atom. The fourth-order valence-electron chi connectivity index (χ4n) is 2.18. The van der Waals surface area contributed by atoms with Gasteiger partial charge in [0.2, 0.25) is 0 Å². The number of carbonyl (C=O) groups is 1. The molecule has 1 N–H and O–H groups in total. The molecule has 94 valence electrons. The Morgan fingerprint density at radius 3 is 2.47 bits per heavy atom. The van der Waals surface area contributed by atoms with E-state index in [0.29, 0.717) is 10.9 Å². The molecule has 1 aromatic heterocycles. The van der Waals surface area contributed by atoms with Gasteiger partial charge in [0.15, 0.2) is 0 Å². The molecule has 0 atom stereocenters. The van der Waals surface area contributed by atoms with Crippen molar-refractivity contribution in [2.24, 2.45) is 0 Å². The summed E-state index contributed by atoms with van der Waals surface area (Å²) in [6.07, 6.45) is 0. The first-order valence-corrected chi connectivity index (χ1v) is 6.55. The van der Waals surface area contributed by atoms with Crippen molar-refractivity contribution in [3.63, 3.8) is 0 Å². The number of halogens is 1. The van der Waals surface area contributed by atoms with Gasteiger partial charge in [-0.3, -0.25) is 0 Å². The summed E-state index contributed by atoms with van der Waals surface area (Å²) >= 11 is 1.17. The van der Waals surface area contributed by atoms with Crippen LogP contribution in [-0.4, -0.2) is 11.1 Å². The maximum atomic E-state index is 13.8. The predicted octanol–water partition coefficient (Wildman–Crippen LogP) is 4.41. The molecule has 0 unspecified atom stereocenters. The molecule has 2 aromatic carbocycles. The van der Waals surface area contributed by atoms with Crippen molar-refractivity contribution in [1.82, 2.24) is 0 Å². The highest BCUT2D eigenvalue weighted by atomic mass is 32.1. The van der Waals surface area contributed by atoms with Gasteiger partial charge in [-0.15, -0.1) is 11.3 Å². The van der Waals surface area contributed by atoms with Crippen LogP contribution in [-0.2, 0) is 0 Å². The molecule has 0 spiro atoms. The van der Waals surface area contributed by atoms with Gasteiger partial charge in [-0.25, -0.2) is 9.18 Å². The van der Waals surface area contributed by atoms with E-state index >= 15 is 0 Å². The second-order valence-electron chi connectivity index (χ2n) is 4.11. The Morgan fingerprint density at radius 2 is 1.74 bits per heavy atom. The SMILES string of the molecule is O=C(O)c1sccc1-c1ccc(F)c2ccccc12. The third kappa shape index (κ3) is 1.90. The molecule has 0 bridgehead atoms. The van der Waals surface area contributed by atoms with Crippen molar-refractivity contribution >= 4 is 28.1 Å². The van der Waals surface area contributed by atoms with Gasteiger partial charge >= 0.3 is 5.97 Å². The first kappa shape index (κ1) is 11.9. The summed E-state index contributed by atoms with van der Waals surface area (Å²) in [6, 6.07) is 11.8. The van der Waals surface area contributed by atoms with E-state index in [0.717, 1.165) is 10.9 Å². The lowest BCUT2D eigenvalue weighted by atomic mass is 9.98. The molecule has 0 saturated carbocycles. The molecular formula is C15H9FO2S. The monoisotopic (exact) mass is 272 g/mol. The van der Waals surface area contributed by atoms with E-state index in [9.17, 15) is 14.3 Å². The van der Waals surface area contributed by atoms with Gasteiger partial charge in [-0.1, -0.05) is 30.3 Å². The average molecular weight is 272 g/mol. The van der Waals surface area contributed by atoms with Gasteiger partial charge in [0.05, 0.1) is 0 Å². The number of rotatable bonds is 2. The molecule has 3 rings (SSSR count). The molecule has 3 aromatic rings. The molecule has 0 saturated heterocycles. The lowest BCUT2D eigenvalue weighted by Gasteiger charge is -2.07. The first-order chi connectivity index (χ1) is 9.18. The number of carboxylic acids is 1. The minimum absolute atomic E-state index is 0.275. The van der Waals surface area contributed by atoms with Crippen LogP contribution in [0.25, 0.3) is 21.9 Å². The number of hydrogen-bond donors (Lipinski definition) is 1. The summed E-state index contributed by atoms with van der Waals surface area (Å²) in [5, 5.41) is 12.1. The van der Waals surface area contributed by atoms with Crippen LogP contribution in [0.15, 0.2) is 47.8 Å². The molecule has 0 aliphatic rings. The van der Waals surface area contributed by atoms with Crippen LogP contribution in [0.1, 0.15) is 9.67 Å². The maximum absolute atomic E-state index is 13.8. The van der Waals surface area contributed by atoms with E-state index in [1.165, 1.54) is 17.4 Å². The summed E-state index contributed by atoms with van der Waals surface area (Å²) in [5.74, 6) is -1.26. The lowest BCUT2D eigenvalue weighted by Crippen LogP contribution is -1.95. The molecule has 2 nitrogen and oxygen atoms in total. The summed E-state index contributed by atoms with van der Waals surface area (Å²) in [6.45, 7) is 0. The molecular weight excluding hydrogens is 263 g/mol. The Balaban J connectivity index is 2.35. The van der Waals surface area contributed by atoms with Crippen LogP contribution < -0.4 is 0 Å². The van der Waals surface area contributed by atoms with E-state index < -0.39 is 5.97 Å². The van der Waals surface area contributed by atoms with Crippen LogP contribution in [0.2, 0.25) is 0 Å². The Hall–Kier alpha value is -2.20. The Kier molecular flexibility index (Phi) is 2.80. The summed E-state index contributed by atoms with van der Waals surface area (Å²) < 4.78 is 13.8. The zero-order valence-corrected chi connectivity index (χ0v) is 10.6. The van der Waals surface area contributed by atoms with Crippen LogP contribution in [0.4, 0.5) is 4.39 Å². The number of thiophene rings is 1. The second kappa shape index (κ2) is 4.48. The molecule has 0 fully saturated rings. The number of carboxylic acid groups (broad SMARTS) is 1. The van der Waals surface area contributed by atoms with Gasteiger partial charge in [-0.05, 0) is 28.5 Å². The zero-order chi connectivity index (χ0) is 13.4. The van der Waals surface area contributed by atoms with Crippen molar-refractivity contribution in [2.75, 3.05) is 0 Å². The topological polar surface area (TPSA) is 37.3 Å². The molecule has 19 heavy (non-hydrogen) atoms. The second-order valence-corrected chi connectivity index (χ2v) is 5.03. The van der Waals surface area contributed by atoms with Gasteiger partial charge in [-0.2, -0.15) is 0 Å². The third-order valence-electron chi connectivity index (χ3n) is 3.02. The number of hydrogen-bond acceptors (Lipinski definition) is 2. The van der Waals surface area contributed by atoms with Crippen molar-refractivity contribution in [1.29, 1.82) is 0 Å². The van der Waals surface area contributed by atoms with E-state index in [1.807, 2.05) is 6.07 Å². The smallest absolute Gasteiger partial charge is 0.346 e. The number of aromatic carboxylic acids is 1. The highest BCUT2D eigenvalue weighted by Crippen LogP contribution is 2.34. The minimum atomic E-state index is -0.960. The summed E-state index contributed by atoms with van der Waals surface area (Å²) in [4.78, 5) is 11.5. The first-order valence-electron chi connectivity index (χ1n) is 5.67. The zero-order valence-electron chi connectivity index (χ0n) is 9.76. The third-order valence-corrected chi connectivity index (χ3v) is 3.92. The van der Waals surface area contributed by atoms with Crippen LogP contribution >= 0.6 is 11.3 Å². The van der Waals surface area contributed by atoms with Gasteiger partial charge in [0.25, 0.3) is 0 Å². The minimum Gasteiger partial charge on any atom is -0.477 e. The van der Waals surface area contributed by atoms with Gasteiger partial charge in [0, 0.05) is 10.9 Å². The van der Waals surface area contributed by atoms with Gasteiger partial charge in [0.1, 0.15) is 10.7 Å². The van der Waals surface area contributed by atoms with Crippen LogP contribution in [0.5, 0.6) is 0 Å². The summed E-state index contributed by atoms with van der Waals surface area (Å²) in [7, 11) is 0. The lowest BCUT2D eigenvalue weighted by molar-refractivity contribution is 0.0703. The Labute approximate surface area is 112 Å². The fraction of sp³-hybridized carbons (Fsp3) is 0. The highest BCUT2D eigenvalue weighted by Gasteiger charge is 2.16. The molecule has 0 aliphatic heterocycles. The van der Waals surface area contributed by atoms with Crippen molar-refractivity contribution in [3.8, 4) is 11.1 Å². The fourth-order valence-corrected chi connectivity index (χ4v) is 2.93. The highest BCUT2D eigenvalue weighted by molar-refractivity contribution is 7.12. The largest absolute Gasteiger partial charge is 0.477 e.